The minimum atomic E-state index is -0.811. The van der Waals surface area contributed by atoms with E-state index in [1.807, 2.05) is 50.2 Å². The van der Waals surface area contributed by atoms with Crippen LogP contribution in [0.15, 0.2) is 78.4 Å². The van der Waals surface area contributed by atoms with E-state index >= 15 is 0 Å². The Morgan fingerprint density at radius 1 is 0.974 bits per heavy atom. The number of hydrogen-bond donors (Lipinski definition) is 1. The lowest BCUT2D eigenvalue weighted by Gasteiger charge is -2.26. The minimum absolute atomic E-state index is 0.00185. The number of aliphatic hydroxyl groups excluding tert-OH is 1. The first-order chi connectivity index (χ1) is 18.7. The number of rotatable bonds is 9. The standard InChI is InChI=1S/C31H32N2O6/c1-20-6-5-7-21(18-20)19-39-25-14-12-23(13-15-25)28(34)26-27(22-8-10-24(11-9-22)31(37)38-4)33(17-16-32(2)3)30(36)29(26)35/h5-15,18,27,34H,16-17,19H2,1-4H3/b28-26+. The Balaban J connectivity index is 1.66. The fraction of sp³-hybridized carbons (Fsp3) is 0.258. The molecule has 8 nitrogen and oxygen atoms in total. The smallest absolute Gasteiger partial charge is 0.337 e. The van der Waals surface area contributed by atoms with Gasteiger partial charge in [-0.05, 0) is 68.5 Å². The number of benzene rings is 3. The van der Waals surface area contributed by atoms with Crippen LogP contribution in [0.1, 0.15) is 38.7 Å². The summed E-state index contributed by atoms with van der Waals surface area (Å²) in [5.41, 5.74) is 3.51. The summed E-state index contributed by atoms with van der Waals surface area (Å²) in [6, 6.07) is 20.5. The van der Waals surface area contributed by atoms with Crippen LogP contribution in [-0.4, -0.2) is 66.9 Å². The van der Waals surface area contributed by atoms with Gasteiger partial charge < -0.3 is 24.4 Å². The molecule has 39 heavy (non-hydrogen) atoms. The third-order valence-electron chi connectivity index (χ3n) is 6.59. The average molecular weight is 529 g/mol. The molecule has 0 bridgehead atoms. The zero-order chi connectivity index (χ0) is 28.1. The Hall–Kier alpha value is -4.43. The number of aliphatic hydroxyl groups is 1. The Kier molecular flexibility index (Phi) is 8.46. The molecule has 1 unspecified atom stereocenters. The maximum atomic E-state index is 13.2. The van der Waals surface area contributed by atoms with E-state index in [4.69, 9.17) is 9.47 Å². The predicted molar refractivity (Wildman–Crippen MR) is 147 cm³/mol. The second kappa shape index (κ2) is 12.0. The Morgan fingerprint density at radius 2 is 1.64 bits per heavy atom. The summed E-state index contributed by atoms with van der Waals surface area (Å²) in [5, 5.41) is 11.3. The van der Waals surface area contributed by atoms with Crippen LogP contribution in [0.5, 0.6) is 5.75 Å². The zero-order valence-corrected chi connectivity index (χ0v) is 22.5. The lowest BCUT2D eigenvalue weighted by molar-refractivity contribution is -0.140. The Bertz CT molecular complexity index is 1390. The van der Waals surface area contributed by atoms with E-state index in [0.717, 1.165) is 11.1 Å². The molecule has 0 aliphatic carbocycles. The number of hydrogen-bond acceptors (Lipinski definition) is 7. The van der Waals surface area contributed by atoms with Crippen LogP contribution in [-0.2, 0) is 20.9 Å². The van der Waals surface area contributed by atoms with Crippen molar-refractivity contribution in [2.24, 2.45) is 0 Å². The molecule has 202 valence electrons. The van der Waals surface area contributed by atoms with E-state index in [9.17, 15) is 19.5 Å². The Labute approximate surface area is 228 Å². The van der Waals surface area contributed by atoms with Crippen molar-refractivity contribution in [1.29, 1.82) is 0 Å². The summed E-state index contributed by atoms with van der Waals surface area (Å²) in [6.07, 6.45) is 0. The summed E-state index contributed by atoms with van der Waals surface area (Å²) < 4.78 is 10.7. The molecule has 3 aromatic rings. The van der Waals surface area contributed by atoms with Gasteiger partial charge in [0, 0.05) is 18.7 Å². The molecule has 0 saturated carbocycles. The number of nitrogens with zero attached hydrogens (tertiary/aromatic N) is 2. The number of esters is 1. The van der Waals surface area contributed by atoms with E-state index in [2.05, 4.69) is 0 Å². The molecule has 0 spiro atoms. The molecule has 1 heterocycles. The monoisotopic (exact) mass is 528 g/mol. The zero-order valence-electron chi connectivity index (χ0n) is 22.5. The molecular formula is C31H32N2O6. The molecule has 0 aromatic heterocycles. The summed E-state index contributed by atoms with van der Waals surface area (Å²) in [6.45, 7) is 3.22. The quantitative estimate of drug-likeness (QED) is 0.191. The van der Waals surface area contributed by atoms with Gasteiger partial charge in [-0.3, -0.25) is 9.59 Å². The SMILES string of the molecule is COC(=O)c1ccc(C2/C(=C(\O)c3ccc(OCc4cccc(C)c4)cc3)C(=O)C(=O)N2CCN(C)C)cc1. The van der Waals surface area contributed by atoms with Gasteiger partial charge in [-0.15, -0.1) is 0 Å². The lowest BCUT2D eigenvalue weighted by atomic mass is 9.94. The van der Waals surface area contributed by atoms with Gasteiger partial charge in [0.05, 0.1) is 24.3 Å². The van der Waals surface area contributed by atoms with Crippen LogP contribution >= 0.6 is 0 Å². The second-order valence-electron chi connectivity index (χ2n) is 9.71. The summed E-state index contributed by atoms with van der Waals surface area (Å²) in [5.74, 6) is -1.60. The van der Waals surface area contributed by atoms with Crippen LogP contribution in [0.2, 0.25) is 0 Å². The number of carbonyl (C=O) groups excluding carboxylic acids is 3. The van der Waals surface area contributed by atoms with Crippen LogP contribution in [0.25, 0.3) is 5.76 Å². The van der Waals surface area contributed by atoms with E-state index < -0.39 is 23.7 Å². The topological polar surface area (TPSA) is 96.4 Å². The first kappa shape index (κ1) is 27.6. The molecule has 8 heteroatoms. The number of carbonyl (C=O) groups is 3. The van der Waals surface area contributed by atoms with E-state index in [1.165, 1.54) is 12.0 Å². The van der Waals surface area contributed by atoms with Crippen molar-refractivity contribution >= 4 is 23.4 Å². The van der Waals surface area contributed by atoms with Crippen molar-refractivity contribution < 1.29 is 29.0 Å². The van der Waals surface area contributed by atoms with Gasteiger partial charge >= 0.3 is 5.97 Å². The minimum Gasteiger partial charge on any atom is -0.507 e. The third kappa shape index (κ3) is 6.18. The molecule has 1 aliphatic rings. The number of methoxy groups -OCH3 is 1. The summed E-state index contributed by atoms with van der Waals surface area (Å²) >= 11 is 0. The van der Waals surface area contributed by atoms with Gasteiger partial charge in [-0.1, -0.05) is 42.0 Å². The van der Waals surface area contributed by atoms with Gasteiger partial charge in [-0.2, -0.15) is 0 Å². The highest BCUT2D eigenvalue weighted by atomic mass is 16.5. The molecule has 1 atom stereocenters. The van der Waals surface area contributed by atoms with Crippen LogP contribution in [0, 0.1) is 6.92 Å². The molecule has 1 N–H and O–H groups in total. The van der Waals surface area contributed by atoms with Crippen LogP contribution < -0.4 is 4.74 Å². The Morgan fingerprint density at radius 3 is 2.26 bits per heavy atom. The first-order valence-electron chi connectivity index (χ1n) is 12.6. The van der Waals surface area contributed by atoms with Crippen molar-refractivity contribution in [3.05, 3.63) is 106 Å². The molecule has 4 rings (SSSR count). The third-order valence-corrected chi connectivity index (χ3v) is 6.59. The number of aryl methyl sites for hydroxylation is 1. The molecule has 1 fully saturated rings. The van der Waals surface area contributed by atoms with Gasteiger partial charge in [0.1, 0.15) is 18.1 Å². The number of ether oxygens (including phenoxy) is 2. The van der Waals surface area contributed by atoms with Gasteiger partial charge in [0.2, 0.25) is 0 Å². The largest absolute Gasteiger partial charge is 0.507 e. The number of ketones is 1. The molecule has 1 aliphatic heterocycles. The van der Waals surface area contributed by atoms with Crippen molar-refractivity contribution in [3.8, 4) is 5.75 Å². The van der Waals surface area contributed by atoms with Crippen LogP contribution in [0.4, 0.5) is 0 Å². The predicted octanol–water partition coefficient (Wildman–Crippen LogP) is 4.34. The van der Waals surface area contributed by atoms with Crippen LogP contribution in [0.3, 0.4) is 0 Å². The number of Topliss-reactive ketones (excluding diaryl/α,β-unsaturated/α-hetero) is 1. The maximum Gasteiger partial charge on any atom is 0.337 e. The van der Waals surface area contributed by atoms with Crippen molar-refractivity contribution in [3.63, 3.8) is 0 Å². The summed E-state index contributed by atoms with van der Waals surface area (Å²) in [7, 11) is 5.05. The highest BCUT2D eigenvalue weighted by molar-refractivity contribution is 6.46. The van der Waals surface area contributed by atoms with E-state index in [1.54, 1.807) is 48.5 Å². The van der Waals surface area contributed by atoms with Gasteiger partial charge in [0.25, 0.3) is 11.7 Å². The van der Waals surface area contributed by atoms with Crippen molar-refractivity contribution in [1.82, 2.24) is 9.80 Å². The number of likely N-dealkylation sites (tertiary alicyclic amines) is 1. The van der Waals surface area contributed by atoms with Crippen molar-refractivity contribution in [2.45, 2.75) is 19.6 Å². The highest BCUT2D eigenvalue weighted by Gasteiger charge is 2.45. The lowest BCUT2D eigenvalue weighted by Crippen LogP contribution is -2.35. The molecular weight excluding hydrogens is 496 g/mol. The van der Waals surface area contributed by atoms with E-state index in [-0.39, 0.29) is 17.9 Å². The fourth-order valence-corrected chi connectivity index (χ4v) is 4.52. The van der Waals surface area contributed by atoms with Gasteiger partial charge in [-0.25, -0.2) is 4.79 Å². The molecule has 1 saturated heterocycles. The van der Waals surface area contributed by atoms with Gasteiger partial charge in [0.15, 0.2) is 0 Å². The normalized spacial score (nSPS) is 16.5. The molecule has 3 aromatic carbocycles. The van der Waals surface area contributed by atoms with E-state index in [0.29, 0.717) is 35.6 Å². The summed E-state index contributed by atoms with van der Waals surface area (Å²) in [4.78, 5) is 41.6. The number of likely N-dealkylation sites (N-methyl/N-ethyl adjacent to an activating group) is 1. The maximum absolute atomic E-state index is 13.2. The van der Waals surface area contributed by atoms with Crippen molar-refractivity contribution in [2.75, 3.05) is 34.3 Å². The second-order valence-corrected chi connectivity index (χ2v) is 9.71. The first-order valence-corrected chi connectivity index (χ1v) is 12.6. The fourth-order valence-electron chi connectivity index (χ4n) is 4.52. The average Bonchev–Trinajstić information content (AvgIpc) is 3.19. The number of amides is 1. The highest BCUT2D eigenvalue weighted by Crippen LogP contribution is 2.39. The molecule has 1 amide bonds. The molecule has 0 radical (unpaired) electrons.